The zero-order valence-electron chi connectivity index (χ0n) is 12.8. The Kier molecular flexibility index (Phi) is 3.46. The molecule has 1 saturated heterocycles. The number of rotatable bonds is 3. The van der Waals surface area contributed by atoms with E-state index in [9.17, 15) is 4.79 Å². The second-order valence-corrected chi connectivity index (χ2v) is 5.77. The van der Waals surface area contributed by atoms with Gasteiger partial charge in [-0.15, -0.1) is 0 Å². The third-order valence-corrected chi connectivity index (χ3v) is 4.40. The van der Waals surface area contributed by atoms with E-state index in [2.05, 4.69) is 40.5 Å². The van der Waals surface area contributed by atoms with Crippen LogP contribution in [0, 0.1) is 0 Å². The van der Waals surface area contributed by atoms with Crippen LogP contribution in [0.4, 0.5) is 5.69 Å². The predicted molar refractivity (Wildman–Crippen MR) is 90.5 cm³/mol. The van der Waals surface area contributed by atoms with Crippen molar-refractivity contribution in [2.24, 2.45) is 0 Å². The summed E-state index contributed by atoms with van der Waals surface area (Å²) in [7, 11) is 0. The second kappa shape index (κ2) is 5.76. The van der Waals surface area contributed by atoms with Crippen LogP contribution < -0.4 is 4.90 Å². The summed E-state index contributed by atoms with van der Waals surface area (Å²) < 4.78 is 1.93. The Morgan fingerprint density at radius 3 is 2.48 bits per heavy atom. The number of benzene rings is 1. The second-order valence-electron chi connectivity index (χ2n) is 5.77. The average molecular weight is 306 g/mol. The van der Waals surface area contributed by atoms with Crippen molar-refractivity contribution in [3.05, 3.63) is 54.9 Å². The van der Waals surface area contributed by atoms with Gasteiger partial charge in [0, 0.05) is 44.1 Å². The van der Waals surface area contributed by atoms with Gasteiger partial charge in [-0.2, -0.15) is 5.10 Å². The summed E-state index contributed by atoms with van der Waals surface area (Å²) in [5.74, 6) is 0. The van der Waals surface area contributed by atoms with E-state index in [0.29, 0.717) is 0 Å². The molecule has 3 heterocycles. The third-order valence-electron chi connectivity index (χ3n) is 4.40. The van der Waals surface area contributed by atoms with Crippen molar-refractivity contribution < 1.29 is 4.79 Å². The average Bonchev–Trinajstić information content (AvgIpc) is 3.07. The van der Waals surface area contributed by atoms with Gasteiger partial charge in [-0.25, -0.2) is 4.52 Å². The van der Waals surface area contributed by atoms with Crippen LogP contribution in [0.25, 0.3) is 16.6 Å². The van der Waals surface area contributed by atoms with E-state index in [1.54, 1.807) is 0 Å². The molecule has 0 spiro atoms. The lowest BCUT2D eigenvalue weighted by Gasteiger charge is -2.34. The number of piperazine rings is 1. The zero-order valence-corrected chi connectivity index (χ0v) is 12.8. The van der Waals surface area contributed by atoms with E-state index in [0.717, 1.165) is 43.7 Å². The summed E-state index contributed by atoms with van der Waals surface area (Å²) in [6, 6.07) is 14.6. The molecule has 5 heteroatoms. The number of anilines is 1. The highest BCUT2D eigenvalue weighted by Gasteiger charge is 2.18. The molecular formula is C18H18N4O. The van der Waals surface area contributed by atoms with Gasteiger partial charge in [0.25, 0.3) is 0 Å². The highest BCUT2D eigenvalue weighted by molar-refractivity contribution is 5.80. The molecule has 0 unspecified atom stereocenters. The summed E-state index contributed by atoms with van der Waals surface area (Å²) in [6.45, 7) is 3.24. The Labute approximate surface area is 134 Å². The Bertz CT molecular complexity index is 819. The van der Waals surface area contributed by atoms with Gasteiger partial charge in [0.15, 0.2) is 0 Å². The van der Waals surface area contributed by atoms with Crippen LogP contribution in [0.2, 0.25) is 0 Å². The van der Waals surface area contributed by atoms with Gasteiger partial charge < -0.3 is 9.80 Å². The molecule has 1 amide bonds. The van der Waals surface area contributed by atoms with Crippen LogP contribution in [0.1, 0.15) is 0 Å². The van der Waals surface area contributed by atoms with Crippen molar-refractivity contribution in [2.45, 2.75) is 0 Å². The minimum Gasteiger partial charge on any atom is -0.366 e. The number of fused-ring (bicyclic) bond motifs is 1. The van der Waals surface area contributed by atoms with Crippen molar-refractivity contribution in [1.29, 1.82) is 0 Å². The Morgan fingerprint density at radius 1 is 0.957 bits per heavy atom. The molecule has 2 aromatic heterocycles. The standard InChI is InChI=1S/C18H18N4O/c23-14-20-8-10-21(11-9-20)17-6-7-19-22-13-16(12-18(17)22)15-4-2-1-3-5-15/h1-7,12-14H,8-11H2. The maximum absolute atomic E-state index is 10.9. The SMILES string of the molecule is O=CN1CCN(c2ccnn3cc(-c4ccccc4)cc23)CC1. The van der Waals surface area contributed by atoms with Gasteiger partial charge >= 0.3 is 0 Å². The van der Waals surface area contributed by atoms with Crippen molar-refractivity contribution in [3.8, 4) is 11.1 Å². The fourth-order valence-corrected chi connectivity index (χ4v) is 3.12. The van der Waals surface area contributed by atoms with E-state index in [4.69, 9.17) is 0 Å². The number of aromatic nitrogens is 2. The van der Waals surface area contributed by atoms with Crippen LogP contribution in [0.5, 0.6) is 0 Å². The number of hydrogen-bond donors (Lipinski definition) is 0. The van der Waals surface area contributed by atoms with Gasteiger partial charge in [-0.05, 0) is 17.7 Å². The highest BCUT2D eigenvalue weighted by Crippen LogP contribution is 2.28. The largest absolute Gasteiger partial charge is 0.366 e. The third kappa shape index (κ3) is 2.54. The van der Waals surface area contributed by atoms with Crippen LogP contribution in [0.15, 0.2) is 54.9 Å². The number of carbonyl (C=O) groups excluding carboxylic acids is 1. The minimum absolute atomic E-state index is 0.768. The molecule has 1 aliphatic heterocycles. The van der Waals surface area contributed by atoms with Gasteiger partial charge in [0.1, 0.15) is 0 Å². The summed E-state index contributed by atoms with van der Waals surface area (Å²) in [5, 5.41) is 4.44. The van der Waals surface area contributed by atoms with Crippen LogP contribution in [-0.2, 0) is 4.79 Å². The lowest BCUT2D eigenvalue weighted by Crippen LogP contribution is -2.45. The first-order valence-electron chi connectivity index (χ1n) is 7.82. The molecule has 1 aromatic carbocycles. The topological polar surface area (TPSA) is 40.9 Å². The molecule has 1 fully saturated rings. The van der Waals surface area contributed by atoms with E-state index >= 15 is 0 Å². The predicted octanol–water partition coefficient (Wildman–Crippen LogP) is 2.28. The molecule has 0 bridgehead atoms. The van der Waals surface area contributed by atoms with Gasteiger partial charge in [-0.3, -0.25) is 4.79 Å². The van der Waals surface area contributed by atoms with Gasteiger partial charge in [0.05, 0.1) is 11.2 Å². The van der Waals surface area contributed by atoms with E-state index in [-0.39, 0.29) is 0 Å². The molecular weight excluding hydrogens is 288 g/mol. The molecule has 3 aromatic rings. The lowest BCUT2D eigenvalue weighted by atomic mass is 10.1. The zero-order chi connectivity index (χ0) is 15.6. The fourth-order valence-electron chi connectivity index (χ4n) is 3.12. The van der Waals surface area contributed by atoms with E-state index in [1.165, 1.54) is 11.3 Å². The van der Waals surface area contributed by atoms with Gasteiger partial charge in [-0.1, -0.05) is 30.3 Å². The Hall–Kier alpha value is -2.82. The molecule has 0 atom stereocenters. The Balaban J connectivity index is 1.71. The van der Waals surface area contributed by atoms with Crippen LogP contribution in [0.3, 0.4) is 0 Å². The number of hydrogen-bond acceptors (Lipinski definition) is 3. The first kappa shape index (κ1) is 13.8. The van der Waals surface area contributed by atoms with Crippen molar-refractivity contribution >= 4 is 17.6 Å². The first-order valence-corrected chi connectivity index (χ1v) is 7.82. The molecule has 0 N–H and O–H groups in total. The molecule has 5 nitrogen and oxygen atoms in total. The van der Waals surface area contributed by atoms with E-state index in [1.807, 2.05) is 33.8 Å². The maximum Gasteiger partial charge on any atom is 0.209 e. The molecule has 1 aliphatic rings. The molecule has 23 heavy (non-hydrogen) atoms. The number of nitrogens with zero attached hydrogens (tertiary/aromatic N) is 4. The summed E-state index contributed by atoms with van der Waals surface area (Å²) in [5.41, 5.74) is 4.63. The summed E-state index contributed by atoms with van der Waals surface area (Å²) in [6.07, 6.45) is 4.84. The quantitative estimate of drug-likeness (QED) is 0.697. The smallest absolute Gasteiger partial charge is 0.209 e. The first-order chi connectivity index (χ1) is 11.3. The van der Waals surface area contributed by atoms with Crippen molar-refractivity contribution in [3.63, 3.8) is 0 Å². The number of amides is 1. The van der Waals surface area contributed by atoms with Gasteiger partial charge in [0.2, 0.25) is 6.41 Å². The normalized spacial score (nSPS) is 15.1. The van der Waals surface area contributed by atoms with Crippen LogP contribution in [-0.4, -0.2) is 47.1 Å². The molecule has 0 radical (unpaired) electrons. The molecule has 0 saturated carbocycles. The van der Waals surface area contributed by atoms with Crippen molar-refractivity contribution in [1.82, 2.24) is 14.5 Å². The molecule has 0 aliphatic carbocycles. The maximum atomic E-state index is 10.9. The fraction of sp³-hybridized carbons (Fsp3) is 0.222. The number of carbonyl (C=O) groups is 1. The summed E-state index contributed by atoms with van der Waals surface area (Å²) in [4.78, 5) is 15.0. The summed E-state index contributed by atoms with van der Waals surface area (Å²) >= 11 is 0. The Morgan fingerprint density at radius 2 is 1.74 bits per heavy atom. The molecule has 4 rings (SSSR count). The highest BCUT2D eigenvalue weighted by atomic mass is 16.1. The van der Waals surface area contributed by atoms with E-state index < -0.39 is 0 Å². The van der Waals surface area contributed by atoms with Crippen LogP contribution >= 0.6 is 0 Å². The minimum atomic E-state index is 0.768. The van der Waals surface area contributed by atoms with Crippen molar-refractivity contribution in [2.75, 3.05) is 31.1 Å². The lowest BCUT2D eigenvalue weighted by molar-refractivity contribution is -0.118. The monoisotopic (exact) mass is 306 g/mol. The molecule has 116 valence electrons.